The van der Waals surface area contributed by atoms with Crippen molar-refractivity contribution in [1.29, 1.82) is 0 Å². The van der Waals surface area contributed by atoms with E-state index in [2.05, 4.69) is 4.98 Å². The number of hydrogen-bond acceptors (Lipinski definition) is 2. The van der Waals surface area contributed by atoms with E-state index < -0.39 is 6.43 Å². The summed E-state index contributed by atoms with van der Waals surface area (Å²) < 4.78 is 24.5. The summed E-state index contributed by atoms with van der Waals surface area (Å²) in [6.45, 7) is 0.00102. The van der Waals surface area contributed by atoms with Gasteiger partial charge < -0.3 is 5.73 Å². The molecule has 0 unspecified atom stereocenters. The summed E-state index contributed by atoms with van der Waals surface area (Å²) in [6, 6.07) is 0. The van der Waals surface area contributed by atoms with Gasteiger partial charge in [0.25, 0.3) is 6.43 Å². The van der Waals surface area contributed by atoms with Crippen molar-refractivity contribution in [3.63, 3.8) is 0 Å². The largest absolute Gasteiger partial charge is 0.326 e. The molecule has 2 N–H and O–H groups in total. The van der Waals surface area contributed by atoms with Crippen molar-refractivity contribution in [1.82, 2.24) is 4.98 Å². The van der Waals surface area contributed by atoms with Crippen molar-refractivity contribution in [3.05, 3.63) is 28.5 Å². The molecule has 0 radical (unpaired) electrons. The summed E-state index contributed by atoms with van der Waals surface area (Å²) in [5, 5.41) is 0.190. The molecule has 1 heterocycles. The van der Waals surface area contributed by atoms with Crippen LogP contribution < -0.4 is 5.73 Å². The molecule has 0 aliphatic rings. The molecule has 1 rings (SSSR count). The molecular formula is C7H7ClF2N2. The van der Waals surface area contributed by atoms with Gasteiger partial charge in [-0.05, 0) is 5.56 Å². The van der Waals surface area contributed by atoms with E-state index in [9.17, 15) is 8.78 Å². The Morgan fingerprint density at radius 2 is 2.17 bits per heavy atom. The maximum atomic E-state index is 12.2. The Hall–Kier alpha value is -0.740. The third-order valence-electron chi connectivity index (χ3n) is 1.48. The van der Waals surface area contributed by atoms with Crippen LogP contribution in [-0.2, 0) is 6.54 Å². The molecule has 12 heavy (non-hydrogen) atoms. The molecule has 1 aromatic heterocycles. The number of nitrogens with zero attached hydrogens (tertiary/aromatic N) is 1. The van der Waals surface area contributed by atoms with Gasteiger partial charge in [0.15, 0.2) is 0 Å². The van der Waals surface area contributed by atoms with E-state index in [0.29, 0.717) is 0 Å². The van der Waals surface area contributed by atoms with Crippen molar-refractivity contribution in [2.24, 2.45) is 5.73 Å². The Balaban J connectivity index is 3.18. The van der Waals surface area contributed by atoms with Gasteiger partial charge in [0.05, 0.1) is 5.02 Å². The van der Waals surface area contributed by atoms with Gasteiger partial charge >= 0.3 is 0 Å². The number of rotatable bonds is 2. The number of alkyl halides is 2. The lowest BCUT2D eigenvalue weighted by Crippen LogP contribution is -2.03. The van der Waals surface area contributed by atoms with Gasteiger partial charge in [0.2, 0.25) is 0 Å². The third kappa shape index (κ3) is 1.70. The van der Waals surface area contributed by atoms with Crippen LogP contribution >= 0.6 is 11.6 Å². The molecule has 0 aliphatic carbocycles. The molecular weight excluding hydrogens is 186 g/mol. The Kier molecular flexibility index (Phi) is 2.94. The minimum absolute atomic E-state index is 0.00102. The number of aromatic nitrogens is 1. The minimum Gasteiger partial charge on any atom is -0.326 e. The van der Waals surface area contributed by atoms with E-state index in [1.54, 1.807) is 0 Å². The smallest absolute Gasteiger partial charge is 0.265 e. The molecule has 2 nitrogen and oxygen atoms in total. The minimum atomic E-state index is -2.57. The summed E-state index contributed by atoms with van der Waals surface area (Å²) in [5.74, 6) is 0. The van der Waals surface area contributed by atoms with Crippen molar-refractivity contribution in [2.75, 3.05) is 0 Å². The molecule has 0 aromatic carbocycles. The van der Waals surface area contributed by atoms with Gasteiger partial charge in [0, 0.05) is 24.5 Å². The maximum Gasteiger partial charge on any atom is 0.265 e. The van der Waals surface area contributed by atoms with Gasteiger partial charge in [-0.1, -0.05) is 11.6 Å². The van der Waals surface area contributed by atoms with Crippen LogP contribution in [-0.4, -0.2) is 4.98 Å². The molecule has 1 aromatic rings. The van der Waals surface area contributed by atoms with E-state index in [0.717, 1.165) is 6.20 Å². The van der Waals surface area contributed by atoms with E-state index in [1.165, 1.54) is 6.20 Å². The van der Waals surface area contributed by atoms with Crippen LogP contribution in [0.5, 0.6) is 0 Å². The molecule has 0 spiro atoms. The molecule has 5 heteroatoms. The van der Waals surface area contributed by atoms with Crippen LogP contribution in [0.25, 0.3) is 0 Å². The quantitative estimate of drug-likeness (QED) is 0.780. The van der Waals surface area contributed by atoms with E-state index >= 15 is 0 Å². The zero-order valence-corrected chi connectivity index (χ0v) is 6.85. The number of hydrogen-bond donors (Lipinski definition) is 1. The van der Waals surface area contributed by atoms with Crippen molar-refractivity contribution in [3.8, 4) is 0 Å². The predicted octanol–water partition coefficient (Wildman–Crippen LogP) is 2.13. The summed E-state index contributed by atoms with van der Waals surface area (Å²) in [7, 11) is 0. The molecule has 66 valence electrons. The Labute approximate surface area is 73.4 Å². The number of pyridine rings is 1. The summed E-state index contributed by atoms with van der Waals surface area (Å²) in [5.41, 5.74) is 5.32. The third-order valence-corrected chi connectivity index (χ3v) is 1.80. The fourth-order valence-electron chi connectivity index (χ4n) is 0.880. The summed E-state index contributed by atoms with van der Waals surface area (Å²) in [6.07, 6.45) is -0.191. The number of halogens is 3. The van der Waals surface area contributed by atoms with Gasteiger partial charge in [-0.3, -0.25) is 4.98 Å². The van der Waals surface area contributed by atoms with E-state index in [4.69, 9.17) is 17.3 Å². The van der Waals surface area contributed by atoms with Crippen LogP contribution in [0.4, 0.5) is 8.78 Å². The van der Waals surface area contributed by atoms with E-state index in [-0.39, 0.29) is 22.7 Å². The lowest BCUT2D eigenvalue weighted by Gasteiger charge is -2.06. The van der Waals surface area contributed by atoms with Crippen molar-refractivity contribution < 1.29 is 8.78 Å². The second-order valence-corrected chi connectivity index (χ2v) is 2.60. The maximum absolute atomic E-state index is 12.2. The van der Waals surface area contributed by atoms with Crippen LogP contribution in [0.3, 0.4) is 0 Å². The van der Waals surface area contributed by atoms with Crippen LogP contribution in [0.1, 0.15) is 17.6 Å². The van der Waals surface area contributed by atoms with Crippen LogP contribution in [0.2, 0.25) is 5.02 Å². The lowest BCUT2D eigenvalue weighted by molar-refractivity contribution is 0.150. The summed E-state index contributed by atoms with van der Waals surface area (Å²) in [4.78, 5) is 3.55. The second kappa shape index (κ2) is 3.78. The first-order valence-corrected chi connectivity index (χ1v) is 3.65. The average molecular weight is 193 g/mol. The molecule has 0 saturated heterocycles. The van der Waals surface area contributed by atoms with Crippen LogP contribution in [0.15, 0.2) is 12.4 Å². The Morgan fingerprint density at radius 3 is 2.58 bits per heavy atom. The summed E-state index contributed by atoms with van der Waals surface area (Å²) >= 11 is 5.60. The molecule has 0 aliphatic heterocycles. The second-order valence-electron chi connectivity index (χ2n) is 2.19. The van der Waals surface area contributed by atoms with Gasteiger partial charge in [0.1, 0.15) is 0 Å². The fourth-order valence-corrected chi connectivity index (χ4v) is 1.12. The zero-order valence-electron chi connectivity index (χ0n) is 6.10. The first kappa shape index (κ1) is 9.35. The zero-order chi connectivity index (χ0) is 9.14. The SMILES string of the molecule is NCc1c(Cl)cncc1C(F)F. The normalized spacial score (nSPS) is 10.8. The highest BCUT2D eigenvalue weighted by Crippen LogP contribution is 2.26. The fraction of sp³-hybridized carbons (Fsp3) is 0.286. The standard InChI is InChI=1S/C7H7ClF2N2/c8-6-3-12-2-5(7(9)10)4(6)1-11/h2-3,7H,1,11H2. The average Bonchev–Trinajstić information content (AvgIpc) is 2.03. The van der Waals surface area contributed by atoms with E-state index in [1.807, 2.05) is 0 Å². The van der Waals surface area contributed by atoms with Crippen molar-refractivity contribution in [2.45, 2.75) is 13.0 Å². The van der Waals surface area contributed by atoms with Gasteiger partial charge in [-0.2, -0.15) is 0 Å². The first-order chi connectivity index (χ1) is 5.66. The molecule has 0 amide bonds. The number of nitrogens with two attached hydrogens (primary N) is 1. The Bertz CT molecular complexity index is 278. The predicted molar refractivity (Wildman–Crippen MR) is 42.1 cm³/mol. The molecule has 0 fully saturated rings. The lowest BCUT2D eigenvalue weighted by atomic mass is 10.1. The Morgan fingerprint density at radius 1 is 1.50 bits per heavy atom. The highest BCUT2D eigenvalue weighted by Gasteiger charge is 2.14. The van der Waals surface area contributed by atoms with Crippen molar-refractivity contribution >= 4 is 11.6 Å². The van der Waals surface area contributed by atoms with Gasteiger partial charge in [-0.25, -0.2) is 8.78 Å². The van der Waals surface area contributed by atoms with Gasteiger partial charge in [-0.15, -0.1) is 0 Å². The first-order valence-electron chi connectivity index (χ1n) is 3.27. The highest BCUT2D eigenvalue weighted by atomic mass is 35.5. The molecule has 0 bridgehead atoms. The highest BCUT2D eigenvalue weighted by molar-refractivity contribution is 6.31. The molecule has 0 saturated carbocycles. The molecule has 0 atom stereocenters. The topological polar surface area (TPSA) is 38.9 Å². The monoisotopic (exact) mass is 192 g/mol. The van der Waals surface area contributed by atoms with Crippen LogP contribution in [0, 0.1) is 0 Å².